The topological polar surface area (TPSA) is 38.0 Å². The van der Waals surface area contributed by atoms with Crippen LogP contribution in [0.1, 0.15) is 30.0 Å². The van der Waals surface area contributed by atoms with Gasteiger partial charge in [0.1, 0.15) is 0 Å². The molecule has 0 amide bonds. The van der Waals surface area contributed by atoms with Crippen molar-refractivity contribution in [1.29, 1.82) is 0 Å². The van der Waals surface area contributed by atoms with E-state index in [-0.39, 0.29) is 0 Å². The molecule has 0 bridgehead atoms. The lowest BCUT2D eigenvalue weighted by Gasteiger charge is -2.09. The van der Waals surface area contributed by atoms with Gasteiger partial charge in [-0.1, -0.05) is 6.92 Å². The van der Waals surface area contributed by atoms with E-state index in [2.05, 4.69) is 49.9 Å². The Labute approximate surface area is 127 Å². The van der Waals surface area contributed by atoms with E-state index in [1.165, 1.54) is 0 Å². The molecule has 3 nitrogen and oxygen atoms in total. The van der Waals surface area contributed by atoms with E-state index in [4.69, 9.17) is 0 Å². The SMILES string of the molecule is CCc1cc(CC(O)c2cc(Br)sc2Br)n(C)n1. The predicted octanol–water partition coefficient (Wildman–Crippen LogP) is 3.85. The van der Waals surface area contributed by atoms with E-state index >= 15 is 0 Å². The van der Waals surface area contributed by atoms with Crippen LogP contribution < -0.4 is 0 Å². The van der Waals surface area contributed by atoms with Crippen LogP contribution in [0.25, 0.3) is 0 Å². The Balaban J connectivity index is 2.18. The van der Waals surface area contributed by atoms with Gasteiger partial charge < -0.3 is 5.11 Å². The summed E-state index contributed by atoms with van der Waals surface area (Å²) in [6.45, 7) is 2.08. The number of thiophene rings is 1. The Bertz CT molecular complexity index is 550. The van der Waals surface area contributed by atoms with Crippen molar-refractivity contribution in [2.45, 2.75) is 25.9 Å². The summed E-state index contributed by atoms with van der Waals surface area (Å²) in [5.41, 5.74) is 3.03. The zero-order chi connectivity index (χ0) is 13.3. The number of hydrogen-bond acceptors (Lipinski definition) is 3. The summed E-state index contributed by atoms with van der Waals surface area (Å²) in [6.07, 6.45) is 0.977. The molecule has 0 aliphatic rings. The average Bonchev–Trinajstić information content (AvgIpc) is 2.82. The predicted molar refractivity (Wildman–Crippen MR) is 81.0 cm³/mol. The Hall–Kier alpha value is -0.170. The van der Waals surface area contributed by atoms with Gasteiger partial charge in [0.2, 0.25) is 0 Å². The van der Waals surface area contributed by atoms with Gasteiger partial charge in [-0.05, 0) is 50.4 Å². The number of hydrogen-bond donors (Lipinski definition) is 1. The lowest BCUT2D eigenvalue weighted by Crippen LogP contribution is -2.06. The van der Waals surface area contributed by atoms with E-state index < -0.39 is 6.10 Å². The molecular formula is C12H14Br2N2OS. The number of aliphatic hydroxyl groups is 1. The van der Waals surface area contributed by atoms with Gasteiger partial charge in [-0.3, -0.25) is 4.68 Å². The third-order valence-corrected chi connectivity index (χ3v) is 5.22. The van der Waals surface area contributed by atoms with E-state index in [1.54, 1.807) is 11.3 Å². The molecule has 0 saturated heterocycles. The van der Waals surface area contributed by atoms with Crippen molar-refractivity contribution >= 4 is 43.2 Å². The number of aromatic nitrogens is 2. The molecule has 1 unspecified atom stereocenters. The minimum atomic E-state index is -0.512. The van der Waals surface area contributed by atoms with Gasteiger partial charge in [-0.2, -0.15) is 5.10 Å². The third kappa shape index (κ3) is 3.04. The van der Waals surface area contributed by atoms with Crippen LogP contribution in [0.2, 0.25) is 0 Å². The van der Waals surface area contributed by atoms with Gasteiger partial charge in [-0.15, -0.1) is 11.3 Å². The fourth-order valence-electron chi connectivity index (χ4n) is 1.82. The van der Waals surface area contributed by atoms with E-state index in [0.29, 0.717) is 6.42 Å². The van der Waals surface area contributed by atoms with E-state index in [1.807, 2.05) is 17.8 Å². The van der Waals surface area contributed by atoms with Crippen molar-refractivity contribution < 1.29 is 5.11 Å². The maximum Gasteiger partial charge on any atom is 0.0864 e. The molecule has 18 heavy (non-hydrogen) atoms. The van der Waals surface area contributed by atoms with Crippen molar-refractivity contribution in [2.24, 2.45) is 7.05 Å². The monoisotopic (exact) mass is 392 g/mol. The summed E-state index contributed by atoms with van der Waals surface area (Å²) in [5.74, 6) is 0. The van der Waals surface area contributed by atoms with Gasteiger partial charge in [0.15, 0.2) is 0 Å². The Morgan fingerprint density at radius 3 is 2.67 bits per heavy atom. The highest BCUT2D eigenvalue weighted by Crippen LogP contribution is 2.36. The molecule has 1 atom stereocenters. The van der Waals surface area contributed by atoms with Gasteiger partial charge in [0, 0.05) is 24.7 Å². The standard InChI is InChI=1S/C12H14Br2N2OS/c1-3-7-4-8(16(2)15-7)5-10(17)9-6-11(13)18-12(9)14/h4,6,10,17H,3,5H2,1-2H3. The van der Waals surface area contributed by atoms with Crippen LogP contribution in [0, 0.1) is 0 Å². The smallest absolute Gasteiger partial charge is 0.0864 e. The molecule has 0 spiro atoms. The van der Waals surface area contributed by atoms with Gasteiger partial charge in [0.25, 0.3) is 0 Å². The van der Waals surface area contributed by atoms with Gasteiger partial charge in [0.05, 0.1) is 19.4 Å². The molecule has 6 heteroatoms. The first-order valence-electron chi connectivity index (χ1n) is 5.65. The second-order valence-corrected chi connectivity index (χ2v) is 7.85. The zero-order valence-electron chi connectivity index (χ0n) is 10.2. The van der Waals surface area contributed by atoms with Crippen molar-refractivity contribution in [2.75, 3.05) is 0 Å². The first-order chi connectivity index (χ1) is 8.51. The largest absolute Gasteiger partial charge is 0.388 e. The normalized spacial score (nSPS) is 12.9. The summed E-state index contributed by atoms with van der Waals surface area (Å²) in [4.78, 5) is 0. The molecule has 98 valence electrons. The minimum absolute atomic E-state index is 0.512. The highest BCUT2D eigenvalue weighted by Gasteiger charge is 2.17. The molecule has 0 fully saturated rings. The zero-order valence-corrected chi connectivity index (χ0v) is 14.1. The molecule has 2 rings (SSSR count). The summed E-state index contributed by atoms with van der Waals surface area (Å²) >= 11 is 8.47. The molecule has 1 N–H and O–H groups in total. The molecule has 0 aromatic carbocycles. The summed E-state index contributed by atoms with van der Waals surface area (Å²) in [6, 6.07) is 4.01. The highest BCUT2D eigenvalue weighted by molar-refractivity contribution is 9.12. The molecule has 2 aromatic rings. The third-order valence-electron chi connectivity index (χ3n) is 2.83. The van der Waals surface area contributed by atoms with Crippen LogP contribution in [0.3, 0.4) is 0 Å². The summed E-state index contributed by atoms with van der Waals surface area (Å²) in [5, 5.41) is 14.7. The van der Waals surface area contributed by atoms with Crippen LogP contribution in [0.5, 0.6) is 0 Å². The van der Waals surface area contributed by atoms with Crippen LogP contribution in [-0.4, -0.2) is 14.9 Å². The number of aryl methyl sites for hydroxylation is 2. The van der Waals surface area contributed by atoms with Gasteiger partial charge >= 0.3 is 0 Å². The van der Waals surface area contributed by atoms with Crippen molar-refractivity contribution in [1.82, 2.24) is 9.78 Å². The number of rotatable bonds is 4. The molecule has 0 radical (unpaired) electrons. The Morgan fingerprint density at radius 1 is 1.44 bits per heavy atom. The molecule has 2 aromatic heterocycles. The van der Waals surface area contributed by atoms with Crippen LogP contribution in [0.15, 0.2) is 19.7 Å². The van der Waals surface area contributed by atoms with Crippen LogP contribution in [-0.2, 0) is 19.9 Å². The van der Waals surface area contributed by atoms with E-state index in [0.717, 1.165) is 30.9 Å². The van der Waals surface area contributed by atoms with Crippen LogP contribution in [0.4, 0.5) is 0 Å². The van der Waals surface area contributed by atoms with Crippen molar-refractivity contribution in [3.8, 4) is 0 Å². The molecule has 0 aliphatic heterocycles. The quantitative estimate of drug-likeness (QED) is 0.856. The number of nitrogens with zero attached hydrogens (tertiary/aromatic N) is 2. The fraction of sp³-hybridized carbons (Fsp3) is 0.417. The summed E-state index contributed by atoms with van der Waals surface area (Å²) < 4.78 is 3.83. The number of halogens is 2. The second-order valence-electron chi connectivity index (χ2n) is 4.10. The maximum absolute atomic E-state index is 10.3. The molecule has 2 heterocycles. The first kappa shape index (κ1) is 14.2. The van der Waals surface area contributed by atoms with E-state index in [9.17, 15) is 5.11 Å². The van der Waals surface area contributed by atoms with Gasteiger partial charge in [-0.25, -0.2) is 0 Å². The highest BCUT2D eigenvalue weighted by atomic mass is 79.9. The molecule has 0 saturated carbocycles. The first-order valence-corrected chi connectivity index (χ1v) is 8.06. The number of aliphatic hydroxyl groups excluding tert-OH is 1. The maximum atomic E-state index is 10.3. The minimum Gasteiger partial charge on any atom is -0.388 e. The van der Waals surface area contributed by atoms with Crippen LogP contribution >= 0.6 is 43.2 Å². The van der Waals surface area contributed by atoms with Crippen molar-refractivity contribution in [3.05, 3.63) is 36.7 Å². The lowest BCUT2D eigenvalue weighted by atomic mass is 10.1. The molecule has 0 aliphatic carbocycles. The second kappa shape index (κ2) is 5.86. The Kier molecular flexibility index (Phi) is 4.64. The Morgan fingerprint density at radius 2 is 2.17 bits per heavy atom. The summed E-state index contributed by atoms with van der Waals surface area (Å²) in [7, 11) is 1.92. The average molecular weight is 394 g/mol. The van der Waals surface area contributed by atoms with Crippen molar-refractivity contribution in [3.63, 3.8) is 0 Å². The molecular weight excluding hydrogens is 380 g/mol. The fourth-order valence-corrected chi connectivity index (χ4v) is 4.78. The lowest BCUT2D eigenvalue weighted by molar-refractivity contribution is 0.175.